The fourth-order valence-electron chi connectivity index (χ4n) is 1.41. The van der Waals surface area contributed by atoms with Crippen molar-refractivity contribution in [2.45, 2.75) is 6.18 Å². The summed E-state index contributed by atoms with van der Waals surface area (Å²) in [5.41, 5.74) is -0.653. The topological polar surface area (TPSA) is 55.5 Å². The van der Waals surface area contributed by atoms with E-state index in [1.54, 1.807) is 0 Å². The molecule has 0 saturated carbocycles. The Kier molecular flexibility index (Phi) is 3.84. The smallest absolute Gasteiger partial charge is 0.258 e. The van der Waals surface area contributed by atoms with E-state index in [0.717, 1.165) is 23.5 Å². The number of halogens is 3. The highest BCUT2D eigenvalue weighted by Gasteiger charge is 2.30. The van der Waals surface area contributed by atoms with Gasteiger partial charge >= 0.3 is 11.2 Å². The molecular formula is C12H7F3N2O2S. The monoisotopic (exact) mass is 300 g/mol. The Morgan fingerprint density at radius 3 is 2.60 bits per heavy atom. The molecule has 0 unspecified atom stereocenters. The third-order valence-corrected chi connectivity index (χ3v) is 3.28. The second-order valence-electron chi connectivity index (χ2n) is 3.74. The summed E-state index contributed by atoms with van der Waals surface area (Å²) in [4.78, 5) is 14.3. The summed E-state index contributed by atoms with van der Waals surface area (Å²) in [6, 6.07) is 7.35. The zero-order chi connectivity index (χ0) is 14.8. The zero-order valence-electron chi connectivity index (χ0n) is 9.79. The molecule has 0 saturated heterocycles. The van der Waals surface area contributed by atoms with Crippen molar-refractivity contribution >= 4 is 28.2 Å². The Morgan fingerprint density at radius 1 is 1.25 bits per heavy atom. The lowest BCUT2D eigenvalue weighted by Gasteiger charge is -2.06. The lowest BCUT2D eigenvalue weighted by atomic mass is 10.2. The minimum absolute atomic E-state index is 0.0458. The first-order valence-electron chi connectivity index (χ1n) is 5.32. The number of thiophene rings is 1. The maximum atomic E-state index is 12.5. The molecule has 0 N–H and O–H groups in total. The number of aliphatic imine (C=N–C) groups is 1. The van der Waals surface area contributed by atoms with Crippen molar-refractivity contribution in [1.29, 1.82) is 0 Å². The summed E-state index contributed by atoms with van der Waals surface area (Å²) in [5, 5.41) is 10.4. The maximum absolute atomic E-state index is 12.5. The van der Waals surface area contributed by atoms with Crippen LogP contribution in [0.15, 0.2) is 41.4 Å². The minimum Gasteiger partial charge on any atom is -0.258 e. The molecule has 0 aliphatic heterocycles. The molecule has 0 aliphatic rings. The van der Waals surface area contributed by atoms with E-state index >= 15 is 0 Å². The molecule has 2 aromatic rings. The van der Waals surface area contributed by atoms with Gasteiger partial charge in [-0.15, -0.1) is 0 Å². The van der Waals surface area contributed by atoms with Crippen LogP contribution in [0.25, 0.3) is 0 Å². The molecular weight excluding hydrogens is 293 g/mol. The Labute approximate surface area is 115 Å². The van der Waals surface area contributed by atoms with Gasteiger partial charge in [-0.25, -0.2) is 0 Å². The van der Waals surface area contributed by atoms with Gasteiger partial charge in [0, 0.05) is 12.3 Å². The molecule has 0 bridgehead atoms. The van der Waals surface area contributed by atoms with Gasteiger partial charge in [-0.05, 0) is 24.3 Å². The maximum Gasteiger partial charge on any atom is 0.416 e. The van der Waals surface area contributed by atoms with Crippen LogP contribution in [-0.2, 0) is 6.18 Å². The summed E-state index contributed by atoms with van der Waals surface area (Å²) >= 11 is 0.899. The van der Waals surface area contributed by atoms with E-state index in [1.165, 1.54) is 30.5 Å². The molecule has 0 radical (unpaired) electrons. The molecule has 0 amide bonds. The van der Waals surface area contributed by atoms with Crippen LogP contribution in [0.2, 0.25) is 0 Å². The highest BCUT2D eigenvalue weighted by atomic mass is 32.1. The number of nitro groups is 1. The van der Waals surface area contributed by atoms with Gasteiger partial charge in [-0.2, -0.15) is 13.2 Å². The van der Waals surface area contributed by atoms with Gasteiger partial charge in [0.25, 0.3) is 0 Å². The van der Waals surface area contributed by atoms with E-state index < -0.39 is 16.7 Å². The van der Waals surface area contributed by atoms with Crippen LogP contribution < -0.4 is 0 Å². The van der Waals surface area contributed by atoms with Crippen LogP contribution >= 0.6 is 11.3 Å². The fraction of sp³-hybridized carbons (Fsp3) is 0.0833. The van der Waals surface area contributed by atoms with Crippen LogP contribution in [0, 0.1) is 10.1 Å². The molecule has 0 fully saturated rings. The standard InChI is InChI=1S/C12H7F3N2O2S/c13-12(14,15)8-2-1-3-9(6-8)16-7-10-4-5-11(20-10)17(18)19/h1-7H. The molecule has 8 heteroatoms. The van der Waals surface area contributed by atoms with E-state index in [9.17, 15) is 23.3 Å². The van der Waals surface area contributed by atoms with E-state index in [0.29, 0.717) is 4.88 Å². The van der Waals surface area contributed by atoms with E-state index in [2.05, 4.69) is 4.99 Å². The van der Waals surface area contributed by atoms with Gasteiger partial charge in [0.15, 0.2) is 0 Å². The van der Waals surface area contributed by atoms with Crippen molar-refractivity contribution in [1.82, 2.24) is 0 Å². The first kappa shape index (κ1) is 14.2. The Hall–Kier alpha value is -2.22. The normalized spacial score (nSPS) is 11.9. The highest BCUT2D eigenvalue weighted by molar-refractivity contribution is 7.16. The molecule has 4 nitrogen and oxygen atoms in total. The van der Waals surface area contributed by atoms with Crippen molar-refractivity contribution in [3.05, 3.63) is 57.0 Å². The van der Waals surface area contributed by atoms with Gasteiger partial charge in [0.05, 0.1) is 21.1 Å². The van der Waals surface area contributed by atoms with Gasteiger partial charge in [-0.1, -0.05) is 17.4 Å². The van der Waals surface area contributed by atoms with Crippen molar-refractivity contribution < 1.29 is 18.1 Å². The van der Waals surface area contributed by atoms with Crippen molar-refractivity contribution in [3.63, 3.8) is 0 Å². The van der Waals surface area contributed by atoms with E-state index in [4.69, 9.17) is 0 Å². The van der Waals surface area contributed by atoms with Crippen molar-refractivity contribution in [2.75, 3.05) is 0 Å². The minimum atomic E-state index is -4.42. The zero-order valence-corrected chi connectivity index (χ0v) is 10.6. The van der Waals surface area contributed by atoms with Crippen molar-refractivity contribution in [2.24, 2.45) is 4.99 Å². The lowest BCUT2D eigenvalue weighted by molar-refractivity contribution is -0.380. The molecule has 0 atom stereocenters. The highest BCUT2D eigenvalue weighted by Crippen LogP contribution is 2.31. The number of nitrogens with zero attached hydrogens (tertiary/aromatic N) is 2. The second kappa shape index (κ2) is 5.41. The largest absolute Gasteiger partial charge is 0.416 e. The van der Waals surface area contributed by atoms with Crippen LogP contribution in [0.4, 0.5) is 23.9 Å². The number of hydrogen-bond acceptors (Lipinski definition) is 4. The molecule has 20 heavy (non-hydrogen) atoms. The number of alkyl halides is 3. The van der Waals surface area contributed by atoms with Gasteiger partial charge < -0.3 is 0 Å². The van der Waals surface area contributed by atoms with Crippen LogP contribution in [0.1, 0.15) is 10.4 Å². The average Bonchev–Trinajstić information content (AvgIpc) is 2.85. The van der Waals surface area contributed by atoms with Gasteiger partial charge in [-0.3, -0.25) is 15.1 Å². The number of rotatable bonds is 3. The Balaban J connectivity index is 2.20. The van der Waals surface area contributed by atoms with Crippen LogP contribution in [-0.4, -0.2) is 11.1 Å². The first-order valence-corrected chi connectivity index (χ1v) is 6.13. The average molecular weight is 300 g/mol. The third kappa shape index (κ3) is 3.41. The summed E-state index contributed by atoms with van der Waals surface area (Å²) in [6.45, 7) is 0. The summed E-state index contributed by atoms with van der Waals surface area (Å²) < 4.78 is 37.5. The predicted octanol–water partition coefficient (Wildman–Crippen LogP) is 4.43. The Morgan fingerprint density at radius 2 is 2.00 bits per heavy atom. The SMILES string of the molecule is O=[N+]([O-])c1ccc(C=Nc2cccc(C(F)(F)F)c2)s1. The molecule has 1 aromatic heterocycles. The summed E-state index contributed by atoms with van der Waals surface area (Å²) in [7, 11) is 0. The summed E-state index contributed by atoms with van der Waals surface area (Å²) in [5.74, 6) is 0. The predicted molar refractivity (Wildman–Crippen MR) is 69.7 cm³/mol. The molecule has 1 aromatic carbocycles. The summed E-state index contributed by atoms with van der Waals surface area (Å²) in [6.07, 6.45) is -3.12. The Bertz CT molecular complexity index is 665. The fourth-order valence-corrected chi connectivity index (χ4v) is 2.10. The quantitative estimate of drug-likeness (QED) is 0.478. The van der Waals surface area contributed by atoms with Crippen LogP contribution in [0.3, 0.4) is 0 Å². The number of benzene rings is 1. The first-order chi connectivity index (χ1) is 9.36. The van der Waals surface area contributed by atoms with Crippen molar-refractivity contribution in [3.8, 4) is 0 Å². The second-order valence-corrected chi connectivity index (χ2v) is 4.83. The molecule has 0 aliphatic carbocycles. The molecule has 1 heterocycles. The molecule has 2 rings (SSSR count). The van der Waals surface area contributed by atoms with Crippen LogP contribution in [0.5, 0.6) is 0 Å². The molecule has 0 spiro atoms. The van der Waals surface area contributed by atoms with E-state index in [1.807, 2.05) is 0 Å². The van der Waals surface area contributed by atoms with Gasteiger partial charge in [0.2, 0.25) is 0 Å². The van der Waals surface area contributed by atoms with Gasteiger partial charge in [0.1, 0.15) is 0 Å². The van der Waals surface area contributed by atoms with E-state index in [-0.39, 0.29) is 10.7 Å². The lowest BCUT2D eigenvalue weighted by Crippen LogP contribution is -2.03. The third-order valence-electron chi connectivity index (χ3n) is 2.31. The number of hydrogen-bond donors (Lipinski definition) is 0. The molecule has 104 valence electrons.